The van der Waals surface area contributed by atoms with E-state index >= 15 is 0 Å². The van der Waals surface area contributed by atoms with Gasteiger partial charge in [-0.05, 0) is 0 Å². The van der Waals surface area contributed by atoms with Crippen molar-refractivity contribution in [3.63, 3.8) is 0 Å². The number of nitrogens with two attached hydrogens (primary N) is 1. The molecular weight excluding hydrogens is 170 g/mol. The third-order valence-corrected chi connectivity index (χ3v) is 2.29. The molecule has 0 saturated heterocycles. The zero-order valence-corrected chi connectivity index (χ0v) is 7.53. The van der Waals surface area contributed by atoms with Crippen molar-refractivity contribution >= 4 is 5.69 Å². The SMILES string of the molecule is CC1(CO)COc2c(N)cnn2C1. The summed E-state index contributed by atoms with van der Waals surface area (Å²) in [7, 11) is 0. The molecule has 1 atom stereocenters. The first-order valence-corrected chi connectivity index (χ1v) is 4.20. The summed E-state index contributed by atoms with van der Waals surface area (Å²) in [5.74, 6) is 0.617. The molecule has 0 aliphatic carbocycles. The molecule has 0 saturated carbocycles. The maximum absolute atomic E-state index is 9.13. The van der Waals surface area contributed by atoms with Gasteiger partial charge in [0.25, 0.3) is 0 Å². The Balaban J connectivity index is 2.30. The maximum Gasteiger partial charge on any atom is 0.235 e. The van der Waals surface area contributed by atoms with Gasteiger partial charge in [0.2, 0.25) is 5.88 Å². The molecule has 13 heavy (non-hydrogen) atoms. The highest BCUT2D eigenvalue weighted by molar-refractivity contribution is 5.46. The Morgan fingerprint density at radius 1 is 1.85 bits per heavy atom. The van der Waals surface area contributed by atoms with Crippen molar-refractivity contribution in [3.8, 4) is 5.88 Å². The van der Waals surface area contributed by atoms with E-state index in [4.69, 9.17) is 15.6 Å². The van der Waals surface area contributed by atoms with Crippen LogP contribution in [0.25, 0.3) is 0 Å². The number of aliphatic hydroxyl groups excluding tert-OH is 1. The van der Waals surface area contributed by atoms with Gasteiger partial charge in [-0.15, -0.1) is 0 Å². The lowest BCUT2D eigenvalue weighted by Gasteiger charge is -2.32. The zero-order chi connectivity index (χ0) is 9.47. The third kappa shape index (κ3) is 1.25. The molecule has 2 heterocycles. The van der Waals surface area contributed by atoms with Gasteiger partial charge in [-0.3, -0.25) is 0 Å². The van der Waals surface area contributed by atoms with Crippen LogP contribution in [0.5, 0.6) is 5.88 Å². The van der Waals surface area contributed by atoms with Crippen molar-refractivity contribution in [2.24, 2.45) is 5.41 Å². The lowest BCUT2D eigenvalue weighted by Crippen LogP contribution is -2.38. The van der Waals surface area contributed by atoms with Crippen molar-refractivity contribution in [1.29, 1.82) is 0 Å². The Kier molecular flexibility index (Phi) is 1.69. The van der Waals surface area contributed by atoms with Crippen molar-refractivity contribution in [2.75, 3.05) is 18.9 Å². The van der Waals surface area contributed by atoms with Gasteiger partial charge in [0, 0.05) is 5.41 Å². The predicted molar refractivity (Wildman–Crippen MR) is 47.3 cm³/mol. The number of rotatable bonds is 1. The minimum atomic E-state index is -0.245. The number of ether oxygens (including phenoxy) is 1. The van der Waals surface area contributed by atoms with E-state index in [1.54, 1.807) is 10.9 Å². The fraction of sp³-hybridized carbons (Fsp3) is 0.625. The lowest BCUT2D eigenvalue weighted by molar-refractivity contribution is 0.0310. The van der Waals surface area contributed by atoms with Crippen LogP contribution in [-0.2, 0) is 6.54 Å². The second kappa shape index (κ2) is 2.63. The van der Waals surface area contributed by atoms with Crippen LogP contribution in [0.2, 0.25) is 0 Å². The second-order valence-electron chi connectivity index (χ2n) is 3.82. The van der Waals surface area contributed by atoms with Gasteiger partial charge in [0.05, 0.1) is 26.0 Å². The van der Waals surface area contributed by atoms with E-state index in [2.05, 4.69) is 5.10 Å². The van der Waals surface area contributed by atoms with E-state index < -0.39 is 0 Å². The number of aromatic nitrogens is 2. The maximum atomic E-state index is 9.13. The molecule has 1 aliphatic rings. The molecule has 0 bridgehead atoms. The number of nitrogen functional groups attached to an aromatic ring is 1. The molecule has 5 heteroatoms. The summed E-state index contributed by atoms with van der Waals surface area (Å²) in [6.07, 6.45) is 1.57. The van der Waals surface area contributed by atoms with Crippen LogP contribution < -0.4 is 10.5 Å². The highest BCUT2D eigenvalue weighted by Crippen LogP contribution is 2.31. The molecule has 0 spiro atoms. The monoisotopic (exact) mass is 183 g/mol. The first-order chi connectivity index (χ1) is 6.14. The van der Waals surface area contributed by atoms with Gasteiger partial charge in [-0.1, -0.05) is 6.92 Å². The minimum absolute atomic E-state index is 0.0895. The fourth-order valence-corrected chi connectivity index (χ4v) is 1.40. The number of nitrogens with zero attached hydrogens (tertiary/aromatic N) is 2. The van der Waals surface area contributed by atoms with Gasteiger partial charge in [0.1, 0.15) is 5.69 Å². The average Bonchev–Trinajstić information content (AvgIpc) is 2.47. The van der Waals surface area contributed by atoms with Crippen molar-refractivity contribution < 1.29 is 9.84 Å². The Morgan fingerprint density at radius 3 is 3.31 bits per heavy atom. The third-order valence-electron chi connectivity index (χ3n) is 2.29. The van der Waals surface area contributed by atoms with Gasteiger partial charge in [-0.25, -0.2) is 4.68 Å². The number of hydrogen-bond donors (Lipinski definition) is 2. The standard InChI is InChI=1S/C8H13N3O2/c1-8(4-12)3-11-7(13-5-8)6(9)2-10-11/h2,12H,3-5,9H2,1H3. The summed E-state index contributed by atoms with van der Waals surface area (Å²) in [4.78, 5) is 0. The molecule has 1 aromatic heterocycles. The van der Waals surface area contributed by atoms with E-state index in [1.165, 1.54) is 0 Å². The highest BCUT2D eigenvalue weighted by atomic mass is 16.5. The molecule has 2 rings (SSSR count). The summed E-state index contributed by atoms with van der Waals surface area (Å²) in [6.45, 7) is 3.18. The second-order valence-corrected chi connectivity index (χ2v) is 3.82. The Labute approximate surface area is 76.1 Å². The first kappa shape index (κ1) is 8.37. The van der Waals surface area contributed by atoms with Crippen molar-refractivity contribution in [1.82, 2.24) is 9.78 Å². The van der Waals surface area contributed by atoms with Crippen LogP contribution in [0, 0.1) is 5.41 Å². The minimum Gasteiger partial charge on any atom is -0.476 e. The van der Waals surface area contributed by atoms with E-state index in [1.807, 2.05) is 6.92 Å². The van der Waals surface area contributed by atoms with Crippen LogP contribution in [0.1, 0.15) is 6.92 Å². The zero-order valence-electron chi connectivity index (χ0n) is 7.53. The molecule has 1 aliphatic heterocycles. The molecule has 0 amide bonds. The highest BCUT2D eigenvalue weighted by Gasteiger charge is 2.32. The van der Waals surface area contributed by atoms with Crippen LogP contribution in [0.15, 0.2) is 6.20 Å². The van der Waals surface area contributed by atoms with E-state index in [9.17, 15) is 0 Å². The quantitative estimate of drug-likeness (QED) is 0.635. The van der Waals surface area contributed by atoms with E-state index in [-0.39, 0.29) is 12.0 Å². The van der Waals surface area contributed by atoms with Gasteiger partial charge >= 0.3 is 0 Å². The van der Waals surface area contributed by atoms with Gasteiger partial charge in [0.15, 0.2) is 0 Å². The Morgan fingerprint density at radius 2 is 2.62 bits per heavy atom. The fourth-order valence-electron chi connectivity index (χ4n) is 1.40. The summed E-state index contributed by atoms with van der Waals surface area (Å²) < 4.78 is 7.11. The topological polar surface area (TPSA) is 73.3 Å². The molecule has 0 aromatic carbocycles. The molecule has 1 aromatic rings. The number of fused-ring (bicyclic) bond motifs is 1. The van der Waals surface area contributed by atoms with Crippen LogP contribution in [0.3, 0.4) is 0 Å². The summed E-state index contributed by atoms with van der Waals surface area (Å²) >= 11 is 0. The largest absolute Gasteiger partial charge is 0.476 e. The number of hydrogen-bond acceptors (Lipinski definition) is 4. The molecule has 0 radical (unpaired) electrons. The molecule has 5 nitrogen and oxygen atoms in total. The van der Waals surface area contributed by atoms with E-state index in [0.717, 1.165) is 0 Å². The molecular formula is C8H13N3O2. The first-order valence-electron chi connectivity index (χ1n) is 4.20. The summed E-state index contributed by atoms with van der Waals surface area (Å²) in [5, 5.41) is 13.2. The normalized spacial score (nSPS) is 26.6. The predicted octanol–water partition coefficient (Wildman–Crippen LogP) is -0.144. The van der Waals surface area contributed by atoms with Crippen molar-refractivity contribution in [3.05, 3.63) is 6.20 Å². The van der Waals surface area contributed by atoms with Gasteiger partial charge in [-0.2, -0.15) is 5.10 Å². The van der Waals surface area contributed by atoms with Crippen LogP contribution in [-0.4, -0.2) is 28.1 Å². The Bertz CT molecular complexity index is 323. The smallest absolute Gasteiger partial charge is 0.235 e. The number of aliphatic hydroxyl groups is 1. The van der Waals surface area contributed by atoms with Crippen LogP contribution in [0.4, 0.5) is 5.69 Å². The molecule has 72 valence electrons. The van der Waals surface area contributed by atoms with Crippen LogP contribution >= 0.6 is 0 Å². The molecule has 1 unspecified atom stereocenters. The molecule has 0 fully saturated rings. The summed E-state index contributed by atoms with van der Waals surface area (Å²) in [5.41, 5.74) is 5.93. The lowest BCUT2D eigenvalue weighted by atomic mass is 9.92. The molecule has 3 N–H and O–H groups in total. The Hall–Kier alpha value is -1.23. The van der Waals surface area contributed by atoms with E-state index in [0.29, 0.717) is 24.7 Å². The average molecular weight is 183 g/mol. The van der Waals surface area contributed by atoms with Gasteiger partial charge < -0.3 is 15.6 Å². The summed E-state index contributed by atoms with van der Waals surface area (Å²) in [6, 6.07) is 0. The number of anilines is 1. The van der Waals surface area contributed by atoms with Crippen molar-refractivity contribution in [2.45, 2.75) is 13.5 Å².